The molecule has 0 unspecified atom stereocenters. The van der Waals surface area contributed by atoms with E-state index in [0.29, 0.717) is 12.3 Å². The van der Waals surface area contributed by atoms with Crippen molar-refractivity contribution in [3.05, 3.63) is 54.6 Å². The molecule has 110 valence electrons. The van der Waals surface area contributed by atoms with Gasteiger partial charge in [0.05, 0.1) is 5.75 Å². The van der Waals surface area contributed by atoms with Crippen LogP contribution in [0.3, 0.4) is 0 Å². The molecule has 0 aromatic heterocycles. The van der Waals surface area contributed by atoms with Crippen molar-refractivity contribution in [3.8, 4) is 0 Å². The number of carbonyl (C=O) groups is 1. The van der Waals surface area contributed by atoms with E-state index in [1.807, 2.05) is 42.5 Å². The maximum atomic E-state index is 11.7. The summed E-state index contributed by atoms with van der Waals surface area (Å²) in [4.78, 5) is 14.0. The van der Waals surface area contributed by atoms with Gasteiger partial charge < -0.3 is 11.1 Å². The predicted molar refractivity (Wildman–Crippen MR) is 91.8 cm³/mol. The number of nitrogens with one attached hydrogen (secondary N) is 1. The van der Waals surface area contributed by atoms with Crippen molar-refractivity contribution >= 4 is 35.1 Å². The molecule has 3 nitrogen and oxygen atoms in total. The Balaban J connectivity index is 1.60. The van der Waals surface area contributed by atoms with E-state index in [2.05, 4.69) is 17.4 Å². The third-order valence-electron chi connectivity index (χ3n) is 2.69. The molecule has 0 atom stereocenters. The highest BCUT2D eigenvalue weighted by molar-refractivity contribution is 8.00. The standard InChI is InChI=1S/C16H18N2OS2/c17-13-6-8-15(9-7-13)21-12-16(19)18-10-11-20-14-4-2-1-3-5-14/h1-9H,10-12,17H2,(H,18,19). The number of amides is 1. The molecular weight excluding hydrogens is 300 g/mol. The molecule has 2 aromatic rings. The van der Waals surface area contributed by atoms with Crippen LogP contribution in [0.15, 0.2) is 64.4 Å². The van der Waals surface area contributed by atoms with Gasteiger partial charge in [0.1, 0.15) is 0 Å². The molecule has 0 aliphatic heterocycles. The van der Waals surface area contributed by atoms with Crippen LogP contribution in [0.5, 0.6) is 0 Å². The summed E-state index contributed by atoms with van der Waals surface area (Å²) in [5.74, 6) is 1.37. The van der Waals surface area contributed by atoms with E-state index in [-0.39, 0.29) is 5.91 Å². The smallest absolute Gasteiger partial charge is 0.230 e. The third kappa shape index (κ3) is 6.14. The van der Waals surface area contributed by atoms with E-state index in [4.69, 9.17) is 5.73 Å². The van der Waals surface area contributed by atoms with Gasteiger partial charge in [-0.3, -0.25) is 4.79 Å². The molecule has 0 saturated carbocycles. The SMILES string of the molecule is Nc1ccc(SCC(=O)NCCSc2ccccc2)cc1. The van der Waals surface area contributed by atoms with Crippen LogP contribution in [0, 0.1) is 0 Å². The lowest BCUT2D eigenvalue weighted by molar-refractivity contribution is -0.118. The van der Waals surface area contributed by atoms with Crippen molar-refractivity contribution in [3.63, 3.8) is 0 Å². The summed E-state index contributed by atoms with van der Waals surface area (Å²) in [6.07, 6.45) is 0. The van der Waals surface area contributed by atoms with Gasteiger partial charge in [-0.25, -0.2) is 0 Å². The Morgan fingerprint density at radius 3 is 2.33 bits per heavy atom. The average Bonchev–Trinajstić information content (AvgIpc) is 2.52. The van der Waals surface area contributed by atoms with E-state index in [0.717, 1.165) is 16.3 Å². The predicted octanol–water partition coefficient (Wildman–Crippen LogP) is 3.27. The first-order valence-electron chi connectivity index (χ1n) is 6.67. The van der Waals surface area contributed by atoms with Gasteiger partial charge in [0.25, 0.3) is 0 Å². The lowest BCUT2D eigenvalue weighted by atomic mass is 10.3. The highest BCUT2D eigenvalue weighted by Crippen LogP contribution is 2.19. The lowest BCUT2D eigenvalue weighted by Crippen LogP contribution is -2.27. The Kier molecular flexibility index (Phi) is 6.50. The summed E-state index contributed by atoms with van der Waals surface area (Å²) in [5, 5.41) is 2.93. The third-order valence-corrected chi connectivity index (χ3v) is 4.71. The van der Waals surface area contributed by atoms with Gasteiger partial charge in [-0.05, 0) is 36.4 Å². The number of carbonyl (C=O) groups excluding carboxylic acids is 1. The van der Waals surface area contributed by atoms with Crippen molar-refractivity contribution in [1.29, 1.82) is 0 Å². The van der Waals surface area contributed by atoms with Crippen LogP contribution in [-0.2, 0) is 4.79 Å². The molecule has 0 heterocycles. The fourth-order valence-electron chi connectivity index (χ4n) is 1.64. The van der Waals surface area contributed by atoms with Crippen LogP contribution < -0.4 is 11.1 Å². The topological polar surface area (TPSA) is 55.1 Å². The second-order valence-corrected chi connectivity index (χ2v) is 6.59. The minimum atomic E-state index is 0.0606. The van der Waals surface area contributed by atoms with Gasteiger partial charge in [-0.2, -0.15) is 0 Å². The highest BCUT2D eigenvalue weighted by atomic mass is 32.2. The van der Waals surface area contributed by atoms with E-state index in [1.54, 1.807) is 11.8 Å². The fraction of sp³-hybridized carbons (Fsp3) is 0.188. The van der Waals surface area contributed by atoms with Crippen molar-refractivity contribution in [2.75, 3.05) is 23.8 Å². The number of nitrogen functional groups attached to an aromatic ring is 1. The molecule has 0 aliphatic rings. The summed E-state index contributed by atoms with van der Waals surface area (Å²) in [7, 11) is 0. The number of thioether (sulfide) groups is 2. The fourth-order valence-corrected chi connectivity index (χ4v) is 3.16. The second-order valence-electron chi connectivity index (χ2n) is 4.37. The molecule has 2 rings (SSSR count). The zero-order valence-electron chi connectivity index (χ0n) is 11.6. The number of hydrogen-bond acceptors (Lipinski definition) is 4. The van der Waals surface area contributed by atoms with E-state index in [1.165, 1.54) is 16.7 Å². The second kappa shape index (κ2) is 8.64. The van der Waals surface area contributed by atoms with Crippen LogP contribution in [0.2, 0.25) is 0 Å². The van der Waals surface area contributed by atoms with Crippen molar-refractivity contribution in [1.82, 2.24) is 5.32 Å². The molecule has 0 spiro atoms. The minimum Gasteiger partial charge on any atom is -0.399 e. The molecule has 0 saturated heterocycles. The zero-order valence-corrected chi connectivity index (χ0v) is 13.3. The maximum Gasteiger partial charge on any atom is 0.230 e. The van der Waals surface area contributed by atoms with E-state index >= 15 is 0 Å². The Morgan fingerprint density at radius 2 is 1.62 bits per heavy atom. The van der Waals surface area contributed by atoms with Crippen LogP contribution in [0.25, 0.3) is 0 Å². The largest absolute Gasteiger partial charge is 0.399 e. The first-order chi connectivity index (χ1) is 10.2. The summed E-state index contributed by atoms with van der Waals surface area (Å²) in [6, 6.07) is 17.7. The summed E-state index contributed by atoms with van der Waals surface area (Å²) < 4.78 is 0. The van der Waals surface area contributed by atoms with Gasteiger partial charge in [0.15, 0.2) is 0 Å². The van der Waals surface area contributed by atoms with Gasteiger partial charge in [-0.1, -0.05) is 18.2 Å². The summed E-state index contributed by atoms with van der Waals surface area (Å²) in [6.45, 7) is 0.681. The van der Waals surface area contributed by atoms with Crippen molar-refractivity contribution in [2.24, 2.45) is 0 Å². The van der Waals surface area contributed by atoms with Gasteiger partial charge >= 0.3 is 0 Å². The molecule has 0 bridgehead atoms. The molecule has 3 N–H and O–H groups in total. The van der Waals surface area contributed by atoms with E-state index < -0.39 is 0 Å². The number of benzene rings is 2. The molecule has 5 heteroatoms. The number of hydrogen-bond donors (Lipinski definition) is 2. The lowest BCUT2D eigenvalue weighted by Gasteiger charge is -2.05. The Bertz CT molecular complexity index is 558. The maximum absolute atomic E-state index is 11.7. The van der Waals surface area contributed by atoms with Crippen molar-refractivity contribution < 1.29 is 4.79 Å². The quantitative estimate of drug-likeness (QED) is 0.467. The van der Waals surface area contributed by atoms with Crippen LogP contribution in [0.4, 0.5) is 5.69 Å². The van der Waals surface area contributed by atoms with Gasteiger partial charge in [-0.15, -0.1) is 23.5 Å². The Labute approximate surface area is 133 Å². The van der Waals surface area contributed by atoms with Crippen LogP contribution in [0.1, 0.15) is 0 Å². The average molecular weight is 318 g/mol. The monoisotopic (exact) mass is 318 g/mol. The minimum absolute atomic E-state index is 0.0606. The summed E-state index contributed by atoms with van der Waals surface area (Å²) >= 11 is 3.26. The number of nitrogens with two attached hydrogens (primary N) is 1. The Morgan fingerprint density at radius 1 is 0.952 bits per heavy atom. The normalized spacial score (nSPS) is 10.3. The Hall–Kier alpha value is -1.59. The zero-order chi connectivity index (χ0) is 14.9. The highest BCUT2D eigenvalue weighted by Gasteiger charge is 2.02. The van der Waals surface area contributed by atoms with Crippen LogP contribution >= 0.6 is 23.5 Å². The van der Waals surface area contributed by atoms with Crippen molar-refractivity contribution in [2.45, 2.75) is 9.79 Å². The molecular formula is C16H18N2OS2. The molecule has 1 amide bonds. The van der Waals surface area contributed by atoms with E-state index in [9.17, 15) is 4.79 Å². The van der Waals surface area contributed by atoms with Gasteiger partial charge in [0, 0.05) is 27.8 Å². The van der Waals surface area contributed by atoms with Crippen LogP contribution in [-0.4, -0.2) is 24.0 Å². The van der Waals surface area contributed by atoms with Gasteiger partial charge in [0.2, 0.25) is 5.91 Å². The molecule has 0 radical (unpaired) electrons. The number of rotatable bonds is 7. The summed E-state index contributed by atoms with van der Waals surface area (Å²) in [5.41, 5.74) is 6.36. The molecule has 0 aliphatic carbocycles. The molecule has 0 fully saturated rings. The number of anilines is 1. The molecule has 2 aromatic carbocycles. The molecule has 21 heavy (non-hydrogen) atoms. The first-order valence-corrected chi connectivity index (χ1v) is 8.64. The first kappa shape index (κ1) is 15.8.